The molecule has 1 unspecified atom stereocenters. The van der Waals surface area contributed by atoms with E-state index in [1.54, 1.807) is 16.2 Å². The Morgan fingerprint density at radius 3 is 2.67 bits per heavy atom. The Bertz CT molecular complexity index is 856. The molecule has 5 heteroatoms. The lowest BCUT2D eigenvalue weighted by atomic mass is 10.00. The van der Waals surface area contributed by atoms with Gasteiger partial charge >= 0.3 is 6.03 Å². The average Bonchev–Trinajstić information content (AvgIpc) is 2.99. The number of rotatable bonds is 4. The predicted octanol–water partition coefficient (Wildman–Crippen LogP) is 5.57. The largest absolute Gasteiger partial charge is 0.331 e. The van der Waals surface area contributed by atoms with Crippen molar-refractivity contribution in [2.45, 2.75) is 19.5 Å². The molecular formula is C19H19BrN2OS. The third-order valence-electron chi connectivity index (χ3n) is 4.00. The van der Waals surface area contributed by atoms with Gasteiger partial charge in [-0.3, -0.25) is 0 Å². The molecule has 3 aromatic rings. The van der Waals surface area contributed by atoms with Crippen molar-refractivity contribution in [2.24, 2.45) is 0 Å². The van der Waals surface area contributed by atoms with Crippen LogP contribution in [0.2, 0.25) is 0 Å². The summed E-state index contributed by atoms with van der Waals surface area (Å²) in [6.45, 7) is 2.62. The fourth-order valence-corrected chi connectivity index (χ4v) is 4.28. The molecule has 0 radical (unpaired) electrons. The molecule has 2 amide bonds. The van der Waals surface area contributed by atoms with Crippen molar-refractivity contribution in [1.29, 1.82) is 0 Å². The summed E-state index contributed by atoms with van der Waals surface area (Å²) in [4.78, 5) is 15.3. The normalized spacial score (nSPS) is 12.1. The van der Waals surface area contributed by atoms with Crippen LogP contribution in [0.1, 0.15) is 23.4 Å². The molecule has 1 N–H and O–H groups in total. The van der Waals surface area contributed by atoms with Crippen molar-refractivity contribution in [3.8, 4) is 0 Å². The maximum atomic E-state index is 12.5. The van der Waals surface area contributed by atoms with E-state index in [0.717, 1.165) is 14.2 Å². The van der Waals surface area contributed by atoms with Crippen molar-refractivity contribution in [2.75, 3.05) is 7.05 Å². The summed E-state index contributed by atoms with van der Waals surface area (Å²) >= 11 is 5.10. The molecule has 0 saturated carbocycles. The first-order chi connectivity index (χ1) is 11.5. The van der Waals surface area contributed by atoms with Gasteiger partial charge in [0.15, 0.2) is 0 Å². The number of thiophene rings is 1. The standard InChI is InChI=1S/C19H19BrN2OS/c1-13(16-9-5-7-14-6-3-4-8-17(14)16)21-19(23)22(2)12-15-10-11-18(20)24-15/h3-11,13H,12H2,1-2H3,(H,21,23). The number of fused-ring (bicyclic) bond motifs is 1. The van der Waals surface area contributed by atoms with E-state index in [9.17, 15) is 4.79 Å². The zero-order valence-electron chi connectivity index (χ0n) is 13.6. The van der Waals surface area contributed by atoms with Crippen LogP contribution < -0.4 is 5.32 Å². The Kier molecular flexibility index (Phi) is 5.21. The highest BCUT2D eigenvalue weighted by Gasteiger charge is 2.15. The van der Waals surface area contributed by atoms with E-state index in [0.29, 0.717) is 6.54 Å². The van der Waals surface area contributed by atoms with Crippen molar-refractivity contribution in [3.63, 3.8) is 0 Å². The van der Waals surface area contributed by atoms with Crippen LogP contribution in [0.15, 0.2) is 58.4 Å². The fraction of sp³-hybridized carbons (Fsp3) is 0.211. The number of hydrogen-bond donors (Lipinski definition) is 1. The van der Waals surface area contributed by atoms with E-state index in [4.69, 9.17) is 0 Å². The molecule has 0 aliphatic carbocycles. The summed E-state index contributed by atoms with van der Waals surface area (Å²) < 4.78 is 1.08. The molecule has 3 nitrogen and oxygen atoms in total. The summed E-state index contributed by atoms with van der Waals surface area (Å²) in [7, 11) is 1.82. The monoisotopic (exact) mass is 402 g/mol. The molecule has 0 aliphatic rings. The van der Waals surface area contributed by atoms with Crippen molar-refractivity contribution >= 4 is 44.1 Å². The maximum Gasteiger partial charge on any atom is 0.317 e. The highest BCUT2D eigenvalue weighted by molar-refractivity contribution is 9.11. The molecule has 124 valence electrons. The SMILES string of the molecule is CC(NC(=O)N(C)Cc1ccc(Br)s1)c1cccc2ccccc12. The Morgan fingerprint density at radius 2 is 1.92 bits per heavy atom. The zero-order valence-corrected chi connectivity index (χ0v) is 16.0. The second kappa shape index (κ2) is 7.36. The number of amides is 2. The van der Waals surface area contributed by atoms with Gasteiger partial charge in [0.2, 0.25) is 0 Å². The predicted molar refractivity (Wildman–Crippen MR) is 104 cm³/mol. The van der Waals surface area contributed by atoms with Gasteiger partial charge in [-0.25, -0.2) is 4.79 Å². The molecule has 1 aromatic heterocycles. The third kappa shape index (κ3) is 3.79. The van der Waals surface area contributed by atoms with Crippen LogP contribution in [-0.4, -0.2) is 18.0 Å². The fourth-order valence-electron chi connectivity index (χ4n) is 2.74. The lowest BCUT2D eigenvalue weighted by Crippen LogP contribution is -2.38. The van der Waals surface area contributed by atoms with Gasteiger partial charge in [-0.2, -0.15) is 0 Å². The Labute approximate surface area is 154 Å². The first-order valence-electron chi connectivity index (χ1n) is 7.78. The van der Waals surface area contributed by atoms with E-state index in [2.05, 4.69) is 45.5 Å². The molecule has 0 bridgehead atoms. The lowest BCUT2D eigenvalue weighted by Gasteiger charge is -2.22. The molecule has 0 saturated heterocycles. The number of carbonyl (C=O) groups is 1. The molecule has 24 heavy (non-hydrogen) atoms. The minimum absolute atomic E-state index is 0.0545. The van der Waals surface area contributed by atoms with Gasteiger partial charge in [0.25, 0.3) is 0 Å². The second-order valence-corrected chi connectivity index (χ2v) is 8.35. The highest BCUT2D eigenvalue weighted by atomic mass is 79.9. The molecule has 0 fully saturated rings. The number of carbonyl (C=O) groups excluding carboxylic acids is 1. The second-order valence-electron chi connectivity index (χ2n) is 5.80. The summed E-state index contributed by atoms with van der Waals surface area (Å²) in [5, 5.41) is 5.46. The minimum Gasteiger partial charge on any atom is -0.331 e. The van der Waals surface area contributed by atoms with Crippen molar-refractivity contribution < 1.29 is 4.79 Å². The topological polar surface area (TPSA) is 32.3 Å². The van der Waals surface area contributed by atoms with E-state index in [-0.39, 0.29) is 12.1 Å². The van der Waals surface area contributed by atoms with Gasteiger partial charge in [-0.05, 0) is 51.3 Å². The van der Waals surface area contributed by atoms with Gasteiger partial charge in [-0.1, -0.05) is 42.5 Å². The number of hydrogen-bond acceptors (Lipinski definition) is 2. The lowest BCUT2D eigenvalue weighted by molar-refractivity contribution is 0.204. The molecule has 0 aliphatic heterocycles. The Morgan fingerprint density at radius 1 is 1.17 bits per heavy atom. The van der Waals surface area contributed by atoms with Crippen molar-refractivity contribution in [1.82, 2.24) is 10.2 Å². The molecule has 1 heterocycles. The Hall–Kier alpha value is -1.85. The van der Waals surface area contributed by atoms with Crippen LogP contribution in [0, 0.1) is 0 Å². The van der Waals surface area contributed by atoms with Crippen LogP contribution in [0.25, 0.3) is 10.8 Å². The summed E-state index contributed by atoms with van der Waals surface area (Å²) in [6.07, 6.45) is 0. The number of halogens is 1. The average molecular weight is 403 g/mol. The molecular weight excluding hydrogens is 384 g/mol. The number of urea groups is 1. The number of nitrogens with zero attached hydrogens (tertiary/aromatic N) is 1. The highest BCUT2D eigenvalue weighted by Crippen LogP contribution is 2.25. The van der Waals surface area contributed by atoms with Crippen LogP contribution in [0.5, 0.6) is 0 Å². The van der Waals surface area contributed by atoms with E-state index in [1.165, 1.54) is 10.8 Å². The smallest absolute Gasteiger partial charge is 0.317 e. The van der Waals surface area contributed by atoms with Crippen LogP contribution >= 0.6 is 27.3 Å². The zero-order chi connectivity index (χ0) is 17.1. The molecule has 3 rings (SSSR count). The van der Waals surface area contributed by atoms with E-state index >= 15 is 0 Å². The van der Waals surface area contributed by atoms with E-state index < -0.39 is 0 Å². The minimum atomic E-state index is -0.0695. The summed E-state index contributed by atoms with van der Waals surface area (Å²) in [6, 6.07) is 18.4. The van der Waals surface area contributed by atoms with Crippen LogP contribution in [0.4, 0.5) is 4.79 Å². The molecule has 0 spiro atoms. The quantitative estimate of drug-likeness (QED) is 0.607. The molecule has 2 aromatic carbocycles. The first-order valence-corrected chi connectivity index (χ1v) is 9.39. The van der Waals surface area contributed by atoms with Gasteiger partial charge < -0.3 is 10.2 Å². The van der Waals surface area contributed by atoms with Gasteiger partial charge in [0, 0.05) is 11.9 Å². The number of benzene rings is 2. The Balaban J connectivity index is 1.71. The van der Waals surface area contributed by atoms with Crippen molar-refractivity contribution in [3.05, 3.63) is 68.8 Å². The van der Waals surface area contributed by atoms with Crippen LogP contribution in [-0.2, 0) is 6.54 Å². The summed E-state index contributed by atoms with van der Waals surface area (Å²) in [5.74, 6) is 0. The van der Waals surface area contributed by atoms with Gasteiger partial charge in [-0.15, -0.1) is 11.3 Å². The van der Waals surface area contributed by atoms with Gasteiger partial charge in [0.1, 0.15) is 0 Å². The maximum absolute atomic E-state index is 12.5. The number of nitrogens with one attached hydrogen (secondary N) is 1. The molecule has 1 atom stereocenters. The van der Waals surface area contributed by atoms with Crippen LogP contribution in [0.3, 0.4) is 0 Å². The van der Waals surface area contributed by atoms with Gasteiger partial charge in [0.05, 0.1) is 16.4 Å². The third-order valence-corrected chi connectivity index (χ3v) is 5.61. The van der Waals surface area contributed by atoms with E-state index in [1.807, 2.05) is 44.3 Å². The summed E-state index contributed by atoms with van der Waals surface area (Å²) in [5.41, 5.74) is 1.13. The first kappa shape index (κ1) is 17.0.